The van der Waals surface area contributed by atoms with E-state index in [-0.39, 0.29) is 36.0 Å². The van der Waals surface area contributed by atoms with Crippen LogP contribution in [0, 0.1) is 5.82 Å². The molecule has 0 bridgehead atoms. The number of rotatable bonds is 10. The predicted molar refractivity (Wildman–Crippen MR) is 134 cm³/mol. The lowest BCUT2D eigenvalue weighted by Crippen LogP contribution is -2.23. The number of aliphatic hydroxyl groups excluding tert-OH is 1. The molecule has 5 aromatic heterocycles. The van der Waals surface area contributed by atoms with E-state index in [0.717, 1.165) is 16.9 Å². The van der Waals surface area contributed by atoms with Crippen LogP contribution in [0.2, 0.25) is 5.02 Å². The zero-order valence-corrected chi connectivity index (χ0v) is 21.0. The van der Waals surface area contributed by atoms with E-state index >= 15 is 0 Å². The number of aromatic nitrogens is 7. The van der Waals surface area contributed by atoms with Crippen LogP contribution in [-0.2, 0) is 24.4 Å². The number of hydrogen-bond acceptors (Lipinski definition) is 7. The summed E-state index contributed by atoms with van der Waals surface area (Å²) in [5.74, 6) is -0.499. The molecule has 196 valence electrons. The first-order valence-corrected chi connectivity index (χ1v) is 12.5. The van der Waals surface area contributed by atoms with E-state index in [1.165, 1.54) is 46.1 Å². The highest BCUT2D eigenvalue weighted by Crippen LogP contribution is 2.40. The van der Waals surface area contributed by atoms with Gasteiger partial charge in [0.1, 0.15) is 11.2 Å². The number of halogens is 2. The largest absolute Gasteiger partial charge is 0.394 e. The van der Waals surface area contributed by atoms with Crippen LogP contribution in [0.5, 0.6) is 0 Å². The van der Waals surface area contributed by atoms with Gasteiger partial charge in [-0.1, -0.05) is 16.8 Å². The van der Waals surface area contributed by atoms with Gasteiger partial charge in [-0.05, 0) is 36.5 Å². The summed E-state index contributed by atoms with van der Waals surface area (Å²) >= 11 is 5.89. The van der Waals surface area contributed by atoms with Crippen molar-refractivity contribution >= 4 is 28.7 Å². The van der Waals surface area contributed by atoms with Gasteiger partial charge in [-0.15, -0.1) is 5.10 Å². The predicted octanol–water partition coefficient (Wildman–Crippen LogP) is 2.73. The molecular formula is C25H24ClFN8O3. The molecule has 1 saturated carbocycles. The number of hydrogen-bond donors (Lipinski definition) is 2. The summed E-state index contributed by atoms with van der Waals surface area (Å²) in [4.78, 5) is 21.6. The van der Waals surface area contributed by atoms with E-state index in [0.29, 0.717) is 24.8 Å². The van der Waals surface area contributed by atoms with Gasteiger partial charge in [0.25, 0.3) is 5.91 Å². The highest BCUT2D eigenvalue weighted by atomic mass is 35.5. The molecular weight excluding hydrogens is 515 g/mol. The fraction of sp³-hybridized carbons (Fsp3) is 0.320. The third-order valence-electron chi connectivity index (χ3n) is 6.42. The van der Waals surface area contributed by atoms with Crippen molar-refractivity contribution < 1.29 is 19.0 Å². The summed E-state index contributed by atoms with van der Waals surface area (Å²) in [6.45, 7) is 0.891. The average Bonchev–Trinajstić information content (AvgIpc) is 3.30. The maximum Gasteiger partial charge on any atom is 0.273 e. The van der Waals surface area contributed by atoms with E-state index in [1.807, 2.05) is 10.6 Å². The average molecular weight is 539 g/mol. The second-order valence-corrected chi connectivity index (χ2v) is 9.63. The van der Waals surface area contributed by atoms with Crippen molar-refractivity contribution in [1.82, 2.24) is 39.1 Å². The number of ether oxygens (including phenoxy) is 1. The van der Waals surface area contributed by atoms with Crippen molar-refractivity contribution in [3.8, 4) is 0 Å². The van der Waals surface area contributed by atoms with E-state index in [2.05, 4.69) is 32.9 Å². The van der Waals surface area contributed by atoms with E-state index in [1.54, 1.807) is 6.20 Å². The Morgan fingerprint density at radius 2 is 2.13 bits per heavy atom. The fourth-order valence-corrected chi connectivity index (χ4v) is 4.57. The first-order valence-electron chi connectivity index (χ1n) is 12.2. The summed E-state index contributed by atoms with van der Waals surface area (Å²) in [5.41, 5.74) is 4.40. The molecule has 1 aliphatic carbocycles. The molecule has 11 nitrogen and oxygen atoms in total. The van der Waals surface area contributed by atoms with E-state index in [4.69, 9.17) is 26.4 Å². The number of aliphatic hydroxyl groups is 1. The second kappa shape index (κ2) is 10.1. The van der Waals surface area contributed by atoms with Gasteiger partial charge in [-0.2, -0.15) is 0 Å². The van der Waals surface area contributed by atoms with Gasteiger partial charge in [0.2, 0.25) is 0 Å². The van der Waals surface area contributed by atoms with Gasteiger partial charge in [0.05, 0.1) is 61.8 Å². The number of nitrogens with one attached hydrogen (secondary N) is 1. The van der Waals surface area contributed by atoms with Crippen molar-refractivity contribution in [3.05, 3.63) is 82.3 Å². The monoisotopic (exact) mass is 538 g/mol. The van der Waals surface area contributed by atoms with Crippen molar-refractivity contribution in [3.63, 3.8) is 0 Å². The highest BCUT2D eigenvalue weighted by Gasteiger charge is 2.25. The maximum atomic E-state index is 14.4. The Morgan fingerprint density at radius 1 is 1.26 bits per heavy atom. The third-order valence-corrected chi connectivity index (χ3v) is 6.71. The molecule has 0 aliphatic heterocycles. The van der Waals surface area contributed by atoms with Gasteiger partial charge < -0.3 is 24.0 Å². The Bertz CT molecular complexity index is 1640. The molecule has 1 fully saturated rings. The van der Waals surface area contributed by atoms with E-state index < -0.39 is 11.7 Å². The second-order valence-electron chi connectivity index (χ2n) is 9.22. The number of imidazole rings is 2. The summed E-state index contributed by atoms with van der Waals surface area (Å²) in [6.07, 6.45) is 11.0. The Hall–Kier alpha value is -3.87. The van der Waals surface area contributed by atoms with Crippen molar-refractivity contribution in [1.29, 1.82) is 0 Å². The molecule has 13 heteroatoms. The summed E-state index contributed by atoms with van der Waals surface area (Å²) < 4.78 is 25.0. The molecule has 6 rings (SSSR count). The minimum absolute atomic E-state index is 0.00362. The van der Waals surface area contributed by atoms with Gasteiger partial charge in [0, 0.05) is 24.2 Å². The number of pyridine rings is 2. The fourth-order valence-electron chi connectivity index (χ4n) is 4.43. The molecule has 0 spiro atoms. The minimum Gasteiger partial charge on any atom is -0.394 e. The van der Waals surface area contributed by atoms with Crippen LogP contribution in [-0.4, -0.2) is 58.0 Å². The zero-order chi connectivity index (χ0) is 26.2. The van der Waals surface area contributed by atoms with Gasteiger partial charge >= 0.3 is 0 Å². The van der Waals surface area contributed by atoms with Gasteiger partial charge in [-0.3, -0.25) is 4.79 Å². The van der Waals surface area contributed by atoms with Crippen molar-refractivity contribution in [2.24, 2.45) is 0 Å². The van der Waals surface area contributed by atoms with Gasteiger partial charge in [0.15, 0.2) is 11.5 Å². The Kier molecular flexibility index (Phi) is 6.52. The lowest BCUT2D eigenvalue weighted by molar-refractivity contribution is 0.0819. The first-order chi connectivity index (χ1) is 18.5. The first kappa shape index (κ1) is 24.5. The zero-order valence-electron chi connectivity index (χ0n) is 20.2. The lowest BCUT2D eigenvalue weighted by atomic mass is 10.1. The standard InChI is InChI=1S/C25H24ClFN8O3/c26-19-3-4-33-14-29-20(23(33)22(19)27)8-28-25(37)21-12-35(32-31-21)11-18-10-34-9-16(15-1-2-15)7-17(24(34)30-18)13-38-6-5-36/h3-4,7,9-10,12,14-15,36H,1-2,5-6,8,11,13H2,(H,28,37). The molecule has 0 unspecified atom stereocenters. The molecule has 5 heterocycles. The number of amides is 1. The van der Waals surface area contributed by atoms with Gasteiger partial charge in [-0.25, -0.2) is 19.0 Å². The van der Waals surface area contributed by atoms with Crippen molar-refractivity contribution in [2.75, 3.05) is 13.2 Å². The Balaban J connectivity index is 1.16. The minimum atomic E-state index is -0.596. The lowest BCUT2D eigenvalue weighted by Gasteiger charge is -2.08. The third kappa shape index (κ3) is 4.85. The normalized spacial score (nSPS) is 13.6. The van der Waals surface area contributed by atoms with Crippen LogP contribution in [0.15, 0.2) is 43.2 Å². The number of fused-ring (bicyclic) bond motifs is 2. The summed E-state index contributed by atoms with van der Waals surface area (Å²) in [7, 11) is 0. The van der Waals surface area contributed by atoms with Crippen LogP contribution in [0.3, 0.4) is 0 Å². The molecule has 0 saturated heterocycles. The van der Waals surface area contributed by atoms with Crippen LogP contribution < -0.4 is 5.32 Å². The van der Waals surface area contributed by atoms with Crippen LogP contribution in [0.25, 0.3) is 11.2 Å². The highest BCUT2D eigenvalue weighted by molar-refractivity contribution is 6.31. The molecule has 0 radical (unpaired) electrons. The Labute approximate surface area is 220 Å². The summed E-state index contributed by atoms with van der Waals surface area (Å²) in [5, 5.41) is 19.8. The molecule has 0 aromatic carbocycles. The number of nitrogens with zero attached hydrogens (tertiary/aromatic N) is 7. The van der Waals surface area contributed by atoms with E-state index in [9.17, 15) is 9.18 Å². The maximum absolute atomic E-state index is 14.4. The molecule has 1 amide bonds. The smallest absolute Gasteiger partial charge is 0.273 e. The molecule has 38 heavy (non-hydrogen) atoms. The summed E-state index contributed by atoms with van der Waals surface area (Å²) in [6, 6.07) is 3.56. The Morgan fingerprint density at radius 3 is 2.95 bits per heavy atom. The van der Waals surface area contributed by atoms with Crippen molar-refractivity contribution in [2.45, 2.75) is 38.5 Å². The topological polar surface area (TPSA) is 124 Å². The molecule has 0 atom stereocenters. The van der Waals surface area contributed by atoms with Crippen LogP contribution >= 0.6 is 11.6 Å². The number of carbonyl (C=O) groups excluding carboxylic acids is 1. The van der Waals surface area contributed by atoms with Crippen LogP contribution in [0.4, 0.5) is 4.39 Å². The SMILES string of the molecule is O=C(NCc1ncn2ccc(Cl)c(F)c12)c1cn(Cc2cn3cc(C4CC4)cc(COCCO)c3n2)nn1. The number of carbonyl (C=O) groups is 1. The molecule has 5 aromatic rings. The van der Waals surface area contributed by atoms with Crippen LogP contribution in [0.1, 0.15) is 51.8 Å². The molecule has 1 aliphatic rings. The molecule has 2 N–H and O–H groups in total. The quantitative estimate of drug-likeness (QED) is 0.262.